The van der Waals surface area contributed by atoms with Crippen molar-refractivity contribution in [3.63, 3.8) is 0 Å². The van der Waals surface area contributed by atoms with E-state index in [4.69, 9.17) is 4.42 Å². The van der Waals surface area contributed by atoms with E-state index in [9.17, 15) is 4.39 Å². The van der Waals surface area contributed by atoms with Gasteiger partial charge >= 0.3 is 0 Å². The van der Waals surface area contributed by atoms with Crippen LogP contribution in [-0.2, 0) is 6.42 Å². The molecule has 2 heterocycles. The number of hydrogen-bond acceptors (Lipinski definition) is 3. The molecule has 7 heteroatoms. The van der Waals surface area contributed by atoms with E-state index in [-0.39, 0.29) is 35.8 Å². The zero-order chi connectivity index (χ0) is 19.1. The Morgan fingerprint density at radius 3 is 2.46 bits per heavy atom. The van der Waals surface area contributed by atoms with Gasteiger partial charge < -0.3 is 15.1 Å². The van der Waals surface area contributed by atoms with Crippen LogP contribution in [0.3, 0.4) is 0 Å². The summed E-state index contributed by atoms with van der Waals surface area (Å²) in [5.41, 5.74) is 1.10. The number of benzene rings is 1. The van der Waals surface area contributed by atoms with Crippen molar-refractivity contribution in [3.8, 4) is 0 Å². The Labute approximate surface area is 183 Å². The van der Waals surface area contributed by atoms with Crippen LogP contribution >= 0.6 is 24.0 Å². The van der Waals surface area contributed by atoms with Gasteiger partial charge in [0.1, 0.15) is 17.3 Å². The molecule has 0 aliphatic carbocycles. The number of aryl methyl sites for hydroxylation is 1. The molecule has 0 radical (unpaired) electrons. The number of guanidine groups is 1. The smallest absolute Gasteiger partial charge is 0.191 e. The first kappa shape index (κ1) is 22.7. The highest BCUT2D eigenvalue weighted by molar-refractivity contribution is 14.0. The SMILES string of the molecule is CN=C(NCCc1ccc(F)cc1)NCC(c1ccc(C)o1)N1CCCC1.I. The van der Waals surface area contributed by atoms with Gasteiger partial charge in [-0.1, -0.05) is 12.1 Å². The molecule has 1 fully saturated rings. The Hall–Kier alpha value is -1.61. The van der Waals surface area contributed by atoms with Crippen LogP contribution in [0, 0.1) is 12.7 Å². The minimum absolute atomic E-state index is 0. The van der Waals surface area contributed by atoms with Gasteiger partial charge in [-0.2, -0.15) is 0 Å². The Morgan fingerprint density at radius 1 is 1.14 bits per heavy atom. The maximum atomic E-state index is 13.0. The highest BCUT2D eigenvalue weighted by atomic mass is 127. The number of likely N-dealkylation sites (tertiary alicyclic amines) is 1. The van der Waals surface area contributed by atoms with Crippen molar-refractivity contribution >= 4 is 29.9 Å². The molecule has 0 bridgehead atoms. The second-order valence-electron chi connectivity index (χ2n) is 6.96. The summed E-state index contributed by atoms with van der Waals surface area (Å²) in [5, 5.41) is 6.76. The molecule has 1 unspecified atom stereocenters. The van der Waals surface area contributed by atoms with Crippen LogP contribution in [0.5, 0.6) is 0 Å². The minimum Gasteiger partial charge on any atom is -0.465 e. The quantitative estimate of drug-likeness (QED) is 0.344. The first-order valence-corrected chi connectivity index (χ1v) is 9.65. The van der Waals surface area contributed by atoms with Gasteiger partial charge in [0.15, 0.2) is 5.96 Å². The van der Waals surface area contributed by atoms with E-state index in [2.05, 4.69) is 26.6 Å². The first-order valence-electron chi connectivity index (χ1n) is 9.65. The Morgan fingerprint density at radius 2 is 1.86 bits per heavy atom. The molecule has 3 rings (SSSR count). The van der Waals surface area contributed by atoms with Gasteiger partial charge in [0.2, 0.25) is 0 Å². The highest BCUT2D eigenvalue weighted by Gasteiger charge is 2.26. The Bertz CT molecular complexity index is 741. The fraction of sp³-hybridized carbons (Fsp3) is 0.476. The topological polar surface area (TPSA) is 52.8 Å². The van der Waals surface area contributed by atoms with Crippen molar-refractivity contribution in [1.29, 1.82) is 0 Å². The second-order valence-corrected chi connectivity index (χ2v) is 6.96. The number of rotatable bonds is 7. The molecule has 1 aromatic heterocycles. The van der Waals surface area contributed by atoms with Crippen molar-refractivity contribution in [3.05, 3.63) is 59.3 Å². The number of nitrogens with zero attached hydrogens (tertiary/aromatic N) is 2. The predicted molar refractivity (Wildman–Crippen MR) is 122 cm³/mol. The lowest BCUT2D eigenvalue weighted by Crippen LogP contribution is -2.43. The van der Waals surface area contributed by atoms with E-state index < -0.39 is 0 Å². The number of nitrogens with one attached hydrogen (secondary N) is 2. The van der Waals surface area contributed by atoms with Crippen LogP contribution in [0.15, 0.2) is 45.8 Å². The number of aliphatic imine (C=N–C) groups is 1. The molecular weight excluding hydrogens is 470 g/mol. The van der Waals surface area contributed by atoms with Crippen molar-refractivity contribution in [2.45, 2.75) is 32.2 Å². The third kappa shape index (κ3) is 6.48. The van der Waals surface area contributed by atoms with Crippen LogP contribution in [0.2, 0.25) is 0 Å². The molecule has 5 nitrogen and oxygen atoms in total. The van der Waals surface area contributed by atoms with Gasteiger partial charge in [0.05, 0.1) is 6.04 Å². The van der Waals surface area contributed by atoms with Gasteiger partial charge in [0.25, 0.3) is 0 Å². The van der Waals surface area contributed by atoms with E-state index >= 15 is 0 Å². The van der Waals surface area contributed by atoms with E-state index in [0.717, 1.165) is 55.6 Å². The zero-order valence-electron chi connectivity index (χ0n) is 16.6. The summed E-state index contributed by atoms with van der Waals surface area (Å²) < 4.78 is 18.9. The molecule has 1 atom stereocenters. The summed E-state index contributed by atoms with van der Waals surface area (Å²) in [5.74, 6) is 2.51. The standard InChI is InChI=1S/C21H29FN4O.HI/c1-16-5-10-20(27-16)19(26-13-3-4-14-26)15-25-21(23-2)24-12-11-17-6-8-18(22)9-7-17;/h5-10,19H,3-4,11-15H2,1-2H3,(H2,23,24,25);1H. The number of halogens is 2. The largest absolute Gasteiger partial charge is 0.465 e. The monoisotopic (exact) mass is 500 g/mol. The number of furan rings is 1. The minimum atomic E-state index is -0.203. The Kier molecular flexibility index (Phi) is 9.24. The third-order valence-corrected chi connectivity index (χ3v) is 4.98. The fourth-order valence-electron chi connectivity index (χ4n) is 3.49. The van der Waals surface area contributed by atoms with Crippen LogP contribution in [0.1, 0.15) is 36.0 Å². The molecule has 1 aliphatic heterocycles. The van der Waals surface area contributed by atoms with Crippen LogP contribution < -0.4 is 10.6 Å². The van der Waals surface area contributed by atoms with Crippen molar-refractivity contribution in [1.82, 2.24) is 15.5 Å². The van der Waals surface area contributed by atoms with E-state index in [0.29, 0.717) is 0 Å². The molecule has 0 amide bonds. The predicted octanol–water partition coefficient (Wildman–Crippen LogP) is 3.89. The Balaban J connectivity index is 0.00000280. The fourth-order valence-corrected chi connectivity index (χ4v) is 3.49. The summed E-state index contributed by atoms with van der Waals surface area (Å²) in [6.07, 6.45) is 3.29. The average molecular weight is 500 g/mol. The third-order valence-electron chi connectivity index (χ3n) is 4.98. The number of hydrogen-bond donors (Lipinski definition) is 2. The maximum absolute atomic E-state index is 13.0. The zero-order valence-corrected chi connectivity index (χ0v) is 18.9. The molecule has 1 aromatic carbocycles. The van der Waals surface area contributed by atoms with Crippen molar-refractivity contribution in [2.24, 2.45) is 4.99 Å². The molecule has 0 spiro atoms. The highest BCUT2D eigenvalue weighted by Crippen LogP contribution is 2.26. The van der Waals surface area contributed by atoms with Gasteiger partial charge in [-0.15, -0.1) is 24.0 Å². The van der Waals surface area contributed by atoms with E-state index in [1.54, 1.807) is 7.05 Å². The second kappa shape index (κ2) is 11.4. The molecule has 1 saturated heterocycles. The van der Waals surface area contributed by atoms with Gasteiger partial charge in [-0.3, -0.25) is 9.89 Å². The summed E-state index contributed by atoms with van der Waals surface area (Å²) >= 11 is 0. The molecular formula is C21H30FIN4O. The lowest BCUT2D eigenvalue weighted by Gasteiger charge is -2.26. The van der Waals surface area contributed by atoms with Crippen LogP contribution in [0.25, 0.3) is 0 Å². The summed E-state index contributed by atoms with van der Waals surface area (Å²) in [6, 6.07) is 10.9. The maximum Gasteiger partial charge on any atom is 0.191 e. The lowest BCUT2D eigenvalue weighted by molar-refractivity contribution is 0.213. The molecule has 2 aromatic rings. The van der Waals surface area contributed by atoms with E-state index in [1.807, 2.05) is 25.1 Å². The first-order chi connectivity index (χ1) is 13.2. The van der Waals surface area contributed by atoms with Crippen molar-refractivity contribution in [2.75, 3.05) is 33.2 Å². The molecule has 28 heavy (non-hydrogen) atoms. The summed E-state index contributed by atoms with van der Waals surface area (Å²) in [6.45, 7) is 5.65. The van der Waals surface area contributed by atoms with Gasteiger partial charge in [-0.25, -0.2) is 4.39 Å². The van der Waals surface area contributed by atoms with E-state index in [1.165, 1.54) is 25.0 Å². The molecule has 154 valence electrons. The van der Waals surface area contributed by atoms with Gasteiger partial charge in [-0.05, 0) is 69.1 Å². The van der Waals surface area contributed by atoms with Crippen LogP contribution in [0.4, 0.5) is 4.39 Å². The van der Waals surface area contributed by atoms with Crippen molar-refractivity contribution < 1.29 is 8.81 Å². The summed E-state index contributed by atoms with van der Waals surface area (Å²) in [4.78, 5) is 6.79. The van der Waals surface area contributed by atoms with Crippen LogP contribution in [-0.4, -0.2) is 44.1 Å². The average Bonchev–Trinajstić information content (AvgIpc) is 3.34. The molecule has 2 N–H and O–H groups in total. The van der Waals surface area contributed by atoms with Gasteiger partial charge in [0, 0.05) is 20.1 Å². The molecule has 1 aliphatic rings. The summed E-state index contributed by atoms with van der Waals surface area (Å²) in [7, 11) is 1.77. The molecule has 0 saturated carbocycles. The lowest BCUT2D eigenvalue weighted by atomic mass is 10.1. The normalized spacial score (nSPS) is 15.9.